The number of ether oxygens (including phenoxy) is 2. The van der Waals surface area contributed by atoms with Gasteiger partial charge in [0.25, 0.3) is 0 Å². The largest absolute Gasteiger partial charge is 0.494 e. The number of nitrogens with zero attached hydrogens (tertiary/aromatic N) is 3. The number of amides is 1. The number of unbranched alkanes of at least 4 members (excludes halogenated alkanes) is 14. The van der Waals surface area contributed by atoms with E-state index in [1.807, 2.05) is 23.5 Å². The van der Waals surface area contributed by atoms with E-state index >= 15 is 0 Å². The highest BCUT2D eigenvalue weighted by Crippen LogP contribution is 2.42. The third-order valence-corrected chi connectivity index (χ3v) is 12.2. The van der Waals surface area contributed by atoms with Crippen molar-refractivity contribution in [2.24, 2.45) is 0 Å². The van der Waals surface area contributed by atoms with E-state index in [0.717, 1.165) is 75.4 Å². The van der Waals surface area contributed by atoms with Gasteiger partial charge in [-0.3, -0.25) is 19.4 Å². The van der Waals surface area contributed by atoms with Gasteiger partial charge in [-0.25, -0.2) is 0 Å². The van der Waals surface area contributed by atoms with Gasteiger partial charge in [0.2, 0.25) is 5.91 Å². The van der Waals surface area contributed by atoms with E-state index in [9.17, 15) is 9.59 Å². The smallest absolute Gasteiger partial charge is 0.307 e. The summed E-state index contributed by atoms with van der Waals surface area (Å²) in [5.74, 6) is 0.511. The highest BCUT2D eigenvalue weighted by atomic mass is 32.1. The van der Waals surface area contributed by atoms with Crippen molar-refractivity contribution in [1.29, 1.82) is 0 Å². The van der Waals surface area contributed by atoms with Crippen LogP contribution in [0.15, 0.2) is 47.8 Å². The predicted octanol–water partition coefficient (Wildman–Crippen LogP) is 11.3. The zero-order valence-corrected chi connectivity index (χ0v) is 34.0. The number of esters is 1. The van der Waals surface area contributed by atoms with Crippen LogP contribution in [-0.2, 0) is 19.7 Å². The lowest BCUT2D eigenvalue weighted by molar-refractivity contribution is -0.144. The SMILES string of the molecule is CCCCCCCCCCCCCCCCC(=O)OCN1C(=O)CC(C)(C)c2ccc(OCCCCN3CCN(c4cccc5sccc45)CC3)cc21. The molecular weight excluding hydrogens is 679 g/mol. The molecule has 0 aliphatic carbocycles. The topological polar surface area (TPSA) is 62.3 Å². The highest BCUT2D eigenvalue weighted by molar-refractivity contribution is 7.17. The first-order chi connectivity index (χ1) is 25.9. The maximum Gasteiger partial charge on any atom is 0.307 e. The number of benzene rings is 2. The summed E-state index contributed by atoms with van der Waals surface area (Å²) < 4.78 is 13.2. The monoisotopic (exact) mass is 745 g/mol. The van der Waals surface area contributed by atoms with Crippen molar-refractivity contribution in [3.05, 3.63) is 53.4 Å². The molecule has 2 aliphatic heterocycles. The number of piperazine rings is 1. The fourth-order valence-corrected chi connectivity index (χ4v) is 8.82. The van der Waals surface area contributed by atoms with Crippen LogP contribution in [0.1, 0.15) is 142 Å². The molecule has 7 nitrogen and oxygen atoms in total. The van der Waals surface area contributed by atoms with Gasteiger partial charge in [-0.05, 0) is 61.0 Å². The summed E-state index contributed by atoms with van der Waals surface area (Å²) in [7, 11) is 0. The molecule has 2 aliphatic rings. The lowest BCUT2D eigenvalue weighted by Gasteiger charge is -2.38. The van der Waals surface area contributed by atoms with Crippen LogP contribution < -0.4 is 14.5 Å². The molecule has 0 atom stereocenters. The standard InChI is InChI=1S/C45H67N3O4S/c1-4-5-6-7-8-9-10-11-12-13-14-15-16-17-23-44(50)52-36-48-41-34-37(24-25-39(41)45(2,3)35-43(48)49)51-32-19-18-27-46-28-30-47(31-29-46)40-21-20-22-42-38(40)26-33-53-42/h20-22,24-26,33-34H,4-19,23,27-32,35-36H2,1-3H3. The summed E-state index contributed by atoms with van der Waals surface area (Å²) in [6.45, 7) is 12.4. The van der Waals surface area contributed by atoms with Crippen molar-refractivity contribution in [2.45, 2.75) is 142 Å². The van der Waals surface area contributed by atoms with Gasteiger partial charge in [0, 0.05) is 66.3 Å². The molecule has 0 N–H and O–H groups in total. The summed E-state index contributed by atoms with van der Waals surface area (Å²) in [6, 6.07) is 15.0. The molecule has 292 valence electrons. The number of carbonyl (C=O) groups is 2. The van der Waals surface area contributed by atoms with Crippen LogP contribution >= 0.6 is 11.3 Å². The number of hydrogen-bond donors (Lipinski definition) is 0. The molecule has 1 amide bonds. The van der Waals surface area contributed by atoms with Gasteiger partial charge in [-0.1, -0.05) is 116 Å². The Bertz CT molecular complexity index is 1550. The molecule has 8 heteroatoms. The van der Waals surface area contributed by atoms with Gasteiger partial charge >= 0.3 is 5.97 Å². The minimum Gasteiger partial charge on any atom is -0.494 e. The van der Waals surface area contributed by atoms with Crippen LogP contribution in [0.5, 0.6) is 5.75 Å². The molecule has 0 radical (unpaired) electrons. The first-order valence-corrected chi connectivity index (χ1v) is 21.9. The molecule has 0 unspecified atom stereocenters. The Kier molecular flexibility index (Phi) is 16.8. The van der Waals surface area contributed by atoms with Gasteiger partial charge in [0.1, 0.15) is 5.75 Å². The van der Waals surface area contributed by atoms with Crippen molar-refractivity contribution in [3.8, 4) is 5.75 Å². The second-order valence-electron chi connectivity index (χ2n) is 16.0. The van der Waals surface area contributed by atoms with E-state index in [-0.39, 0.29) is 24.0 Å². The highest BCUT2D eigenvalue weighted by Gasteiger charge is 2.37. The van der Waals surface area contributed by atoms with Crippen LogP contribution in [0.2, 0.25) is 0 Å². The Labute approximate surface area is 324 Å². The van der Waals surface area contributed by atoms with Crippen LogP contribution in [-0.4, -0.2) is 62.8 Å². The second-order valence-corrected chi connectivity index (χ2v) is 17.0. The molecule has 1 saturated heterocycles. The Hall–Kier alpha value is -3.10. The average molecular weight is 746 g/mol. The normalized spacial score (nSPS) is 15.9. The number of fused-ring (bicyclic) bond motifs is 2. The fraction of sp³-hybridized carbons (Fsp3) is 0.644. The summed E-state index contributed by atoms with van der Waals surface area (Å²) in [5, 5.41) is 3.56. The maximum atomic E-state index is 13.3. The van der Waals surface area contributed by atoms with Gasteiger partial charge in [-0.15, -0.1) is 11.3 Å². The molecule has 0 bridgehead atoms. The molecule has 0 saturated carbocycles. The van der Waals surface area contributed by atoms with Gasteiger partial charge in [0.15, 0.2) is 6.73 Å². The molecular formula is C45H67N3O4S. The number of anilines is 2. The van der Waals surface area contributed by atoms with Gasteiger partial charge < -0.3 is 14.4 Å². The lowest BCUT2D eigenvalue weighted by atomic mass is 9.77. The van der Waals surface area contributed by atoms with Crippen molar-refractivity contribution < 1.29 is 19.1 Å². The van der Waals surface area contributed by atoms with Gasteiger partial charge in [-0.2, -0.15) is 0 Å². The Morgan fingerprint density at radius 1 is 0.774 bits per heavy atom. The van der Waals surface area contributed by atoms with E-state index in [4.69, 9.17) is 9.47 Å². The lowest BCUT2D eigenvalue weighted by Crippen LogP contribution is -2.46. The third-order valence-electron chi connectivity index (χ3n) is 11.3. The molecule has 53 heavy (non-hydrogen) atoms. The minimum absolute atomic E-state index is 0.0176. The van der Waals surface area contributed by atoms with Crippen molar-refractivity contribution in [1.82, 2.24) is 4.90 Å². The predicted molar refractivity (Wildman–Crippen MR) is 223 cm³/mol. The van der Waals surface area contributed by atoms with E-state index in [2.05, 4.69) is 66.3 Å². The molecule has 1 aromatic heterocycles. The van der Waals surface area contributed by atoms with Crippen LogP contribution in [0, 0.1) is 0 Å². The van der Waals surface area contributed by atoms with Crippen LogP contribution in [0.4, 0.5) is 11.4 Å². The average Bonchev–Trinajstić information content (AvgIpc) is 3.64. The zero-order valence-electron chi connectivity index (χ0n) is 33.2. The minimum atomic E-state index is -0.292. The van der Waals surface area contributed by atoms with Crippen LogP contribution in [0.25, 0.3) is 10.1 Å². The number of carbonyl (C=O) groups excluding carboxylic acids is 2. The Balaban J connectivity index is 0.960. The number of rotatable bonds is 24. The number of thiophene rings is 1. The zero-order chi connectivity index (χ0) is 37.3. The summed E-state index contributed by atoms with van der Waals surface area (Å²) >= 11 is 1.81. The van der Waals surface area contributed by atoms with Crippen molar-refractivity contribution in [2.75, 3.05) is 55.9 Å². The molecule has 5 rings (SSSR count). The number of hydrogen-bond acceptors (Lipinski definition) is 7. The maximum absolute atomic E-state index is 13.3. The molecule has 3 heterocycles. The van der Waals surface area contributed by atoms with Crippen molar-refractivity contribution in [3.63, 3.8) is 0 Å². The molecule has 3 aromatic rings. The Morgan fingerprint density at radius 2 is 1.45 bits per heavy atom. The molecule has 0 spiro atoms. The quantitative estimate of drug-likeness (QED) is 0.0672. The summed E-state index contributed by atoms with van der Waals surface area (Å²) in [6.07, 6.45) is 20.8. The first kappa shape index (κ1) is 41.1. The fourth-order valence-electron chi connectivity index (χ4n) is 8.01. The molecule has 1 fully saturated rings. The van der Waals surface area contributed by atoms with E-state index < -0.39 is 0 Å². The summed E-state index contributed by atoms with van der Waals surface area (Å²) in [4.78, 5) is 32.7. The first-order valence-electron chi connectivity index (χ1n) is 21.0. The van der Waals surface area contributed by atoms with Crippen LogP contribution in [0.3, 0.4) is 0 Å². The molecule has 2 aromatic carbocycles. The van der Waals surface area contributed by atoms with E-state index in [1.54, 1.807) is 4.90 Å². The summed E-state index contributed by atoms with van der Waals surface area (Å²) in [5.41, 5.74) is 2.95. The third kappa shape index (κ3) is 12.7. The Morgan fingerprint density at radius 3 is 2.15 bits per heavy atom. The second kappa shape index (κ2) is 21.7. The van der Waals surface area contributed by atoms with E-state index in [0.29, 0.717) is 19.4 Å². The van der Waals surface area contributed by atoms with Gasteiger partial charge in [0.05, 0.1) is 12.3 Å². The van der Waals surface area contributed by atoms with E-state index in [1.165, 1.54) is 92.8 Å². The van der Waals surface area contributed by atoms with Crippen molar-refractivity contribution >= 4 is 44.7 Å².